The number of hydrogen-bond acceptors (Lipinski definition) is 4. The number of primary sulfonamides is 1. The zero-order valence-electron chi connectivity index (χ0n) is 11.6. The lowest BCUT2D eigenvalue weighted by Crippen LogP contribution is -2.16. The Balaban J connectivity index is 1.72. The molecule has 1 aliphatic rings. The number of hydrogen-bond donors (Lipinski definition) is 2. The third-order valence-electron chi connectivity index (χ3n) is 3.71. The van der Waals surface area contributed by atoms with Crippen molar-refractivity contribution in [1.82, 2.24) is 0 Å². The summed E-state index contributed by atoms with van der Waals surface area (Å²) < 4.78 is 27.6. The number of sulfonamides is 1. The van der Waals surface area contributed by atoms with Crippen LogP contribution in [0.15, 0.2) is 41.0 Å². The quantitative estimate of drug-likeness (QED) is 0.909. The Hall–Kier alpha value is -1.79. The van der Waals surface area contributed by atoms with E-state index in [0.717, 1.165) is 30.7 Å². The van der Waals surface area contributed by atoms with Gasteiger partial charge in [0.1, 0.15) is 5.76 Å². The highest BCUT2D eigenvalue weighted by molar-refractivity contribution is 7.88. The van der Waals surface area contributed by atoms with Crippen LogP contribution in [0.2, 0.25) is 0 Å². The predicted octanol–water partition coefficient (Wildman–Crippen LogP) is 2.56. The minimum atomic E-state index is -3.48. The molecule has 2 aromatic rings. The molecule has 112 valence electrons. The number of furan rings is 1. The van der Waals surface area contributed by atoms with E-state index in [9.17, 15) is 8.42 Å². The largest absolute Gasteiger partial charge is 0.469 e. The second-order valence-electron chi connectivity index (χ2n) is 5.39. The third-order valence-corrected chi connectivity index (χ3v) is 4.45. The molecule has 1 aliphatic carbocycles. The summed E-state index contributed by atoms with van der Waals surface area (Å²) >= 11 is 0. The molecule has 3 rings (SSSR count). The van der Waals surface area contributed by atoms with Gasteiger partial charge in [0.25, 0.3) is 0 Å². The second-order valence-corrected chi connectivity index (χ2v) is 7.01. The fourth-order valence-corrected chi connectivity index (χ4v) is 3.42. The number of anilines is 1. The lowest BCUT2D eigenvalue weighted by molar-refractivity contribution is 0.461. The van der Waals surface area contributed by atoms with Crippen LogP contribution >= 0.6 is 0 Å². The van der Waals surface area contributed by atoms with Crippen molar-refractivity contribution in [3.05, 3.63) is 53.5 Å². The summed E-state index contributed by atoms with van der Waals surface area (Å²) in [5.41, 5.74) is 2.87. The predicted molar refractivity (Wildman–Crippen MR) is 81.3 cm³/mol. The normalized spacial score (nSPS) is 18.2. The SMILES string of the molecule is NS(=O)(=O)Cc1ccc(NC2CCCc3occc32)cc1. The summed E-state index contributed by atoms with van der Waals surface area (Å²) in [7, 11) is -3.48. The van der Waals surface area contributed by atoms with Gasteiger partial charge in [-0.15, -0.1) is 0 Å². The van der Waals surface area contributed by atoms with Crippen LogP contribution in [0.4, 0.5) is 5.69 Å². The Morgan fingerprint density at radius 3 is 2.71 bits per heavy atom. The van der Waals surface area contributed by atoms with Crippen LogP contribution in [-0.2, 0) is 22.2 Å². The zero-order chi connectivity index (χ0) is 14.9. The maximum absolute atomic E-state index is 11.1. The van der Waals surface area contributed by atoms with E-state index in [2.05, 4.69) is 5.32 Å². The molecule has 0 spiro atoms. The molecule has 3 N–H and O–H groups in total. The van der Waals surface area contributed by atoms with E-state index in [1.807, 2.05) is 18.2 Å². The maximum Gasteiger partial charge on any atom is 0.213 e. The summed E-state index contributed by atoms with van der Waals surface area (Å²) in [5, 5.41) is 8.51. The number of aryl methyl sites for hydroxylation is 1. The van der Waals surface area contributed by atoms with Crippen molar-refractivity contribution in [2.75, 3.05) is 5.32 Å². The number of benzene rings is 1. The Kier molecular flexibility index (Phi) is 3.73. The summed E-state index contributed by atoms with van der Waals surface area (Å²) in [6, 6.07) is 9.60. The molecule has 1 aromatic carbocycles. The minimum absolute atomic E-state index is 0.136. The van der Waals surface area contributed by atoms with E-state index < -0.39 is 10.0 Å². The van der Waals surface area contributed by atoms with Gasteiger partial charge in [-0.1, -0.05) is 12.1 Å². The van der Waals surface area contributed by atoms with Gasteiger partial charge in [0, 0.05) is 17.7 Å². The highest BCUT2D eigenvalue weighted by atomic mass is 32.2. The zero-order valence-corrected chi connectivity index (χ0v) is 12.4. The Bertz CT molecular complexity index is 720. The average Bonchev–Trinajstić information content (AvgIpc) is 2.89. The topological polar surface area (TPSA) is 85.3 Å². The monoisotopic (exact) mass is 306 g/mol. The van der Waals surface area contributed by atoms with Gasteiger partial charge in [-0.3, -0.25) is 0 Å². The maximum atomic E-state index is 11.1. The molecule has 0 radical (unpaired) electrons. The fraction of sp³-hybridized carbons (Fsp3) is 0.333. The van der Waals surface area contributed by atoms with Gasteiger partial charge in [0.2, 0.25) is 10.0 Å². The first-order valence-electron chi connectivity index (χ1n) is 6.93. The molecule has 1 unspecified atom stereocenters. The molecule has 0 saturated carbocycles. The van der Waals surface area contributed by atoms with Crippen LogP contribution in [0.5, 0.6) is 0 Å². The summed E-state index contributed by atoms with van der Waals surface area (Å²) in [5.74, 6) is 0.923. The first kappa shape index (κ1) is 14.2. The van der Waals surface area contributed by atoms with Gasteiger partial charge in [0.15, 0.2) is 0 Å². The van der Waals surface area contributed by atoms with E-state index in [4.69, 9.17) is 9.56 Å². The molecule has 1 aromatic heterocycles. The van der Waals surface area contributed by atoms with E-state index in [-0.39, 0.29) is 11.8 Å². The van der Waals surface area contributed by atoms with E-state index >= 15 is 0 Å². The van der Waals surface area contributed by atoms with Crippen molar-refractivity contribution in [2.45, 2.75) is 31.1 Å². The van der Waals surface area contributed by atoms with Crippen molar-refractivity contribution < 1.29 is 12.8 Å². The van der Waals surface area contributed by atoms with Crippen molar-refractivity contribution in [3.63, 3.8) is 0 Å². The second kappa shape index (κ2) is 5.54. The van der Waals surface area contributed by atoms with Crippen LogP contribution in [-0.4, -0.2) is 8.42 Å². The third kappa shape index (κ3) is 3.46. The highest BCUT2D eigenvalue weighted by Gasteiger charge is 2.22. The lowest BCUT2D eigenvalue weighted by Gasteiger charge is -2.23. The van der Waals surface area contributed by atoms with Crippen LogP contribution in [0.3, 0.4) is 0 Å². The number of rotatable bonds is 4. The molecule has 0 fully saturated rings. The van der Waals surface area contributed by atoms with Crippen molar-refractivity contribution >= 4 is 15.7 Å². The highest BCUT2D eigenvalue weighted by Crippen LogP contribution is 2.33. The van der Waals surface area contributed by atoms with Crippen LogP contribution < -0.4 is 10.5 Å². The lowest BCUT2D eigenvalue weighted by atomic mass is 9.93. The fourth-order valence-electron chi connectivity index (χ4n) is 2.77. The summed E-state index contributed by atoms with van der Waals surface area (Å²) in [6.07, 6.45) is 4.89. The van der Waals surface area contributed by atoms with Crippen molar-refractivity contribution in [1.29, 1.82) is 0 Å². The van der Waals surface area contributed by atoms with Gasteiger partial charge in [0.05, 0.1) is 18.1 Å². The average molecular weight is 306 g/mol. The van der Waals surface area contributed by atoms with Crippen molar-refractivity contribution in [2.24, 2.45) is 5.14 Å². The van der Waals surface area contributed by atoms with Crippen LogP contribution in [0, 0.1) is 0 Å². The number of nitrogens with one attached hydrogen (secondary N) is 1. The molecule has 0 saturated heterocycles. The Morgan fingerprint density at radius 2 is 2.00 bits per heavy atom. The Morgan fingerprint density at radius 1 is 1.24 bits per heavy atom. The van der Waals surface area contributed by atoms with Gasteiger partial charge >= 0.3 is 0 Å². The first-order chi connectivity index (χ1) is 10.0. The summed E-state index contributed by atoms with van der Waals surface area (Å²) in [4.78, 5) is 0. The molecule has 1 heterocycles. The molecule has 21 heavy (non-hydrogen) atoms. The van der Waals surface area contributed by atoms with Gasteiger partial charge in [-0.05, 0) is 36.6 Å². The molecule has 0 bridgehead atoms. The van der Waals surface area contributed by atoms with Crippen molar-refractivity contribution in [3.8, 4) is 0 Å². The minimum Gasteiger partial charge on any atom is -0.469 e. The molecule has 0 amide bonds. The molecular weight excluding hydrogens is 288 g/mol. The standard InChI is InChI=1S/C15H18N2O3S/c16-21(18,19)10-11-4-6-12(7-5-11)17-14-2-1-3-15-13(14)8-9-20-15/h4-9,14,17H,1-3,10H2,(H2,16,18,19). The molecule has 0 aliphatic heterocycles. The molecule has 6 heteroatoms. The van der Waals surface area contributed by atoms with Crippen LogP contribution in [0.25, 0.3) is 0 Å². The van der Waals surface area contributed by atoms with Gasteiger partial charge in [-0.2, -0.15) is 0 Å². The smallest absolute Gasteiger partial charge is 0.213 e. The summed E-state index contributed by atoms with van der Waals surface area (Å²) in [6.45, 7) is 0. The van der Waals surface area contributed by atoms with Gasteiger partial charge < -0.3 is 9.73 Å². The Labute approximate surface area is 124 Å². The van der Waals surface area contributed by atoms with Crippen LogP contribution in [0.1, 0.15) is 35.8 Å². The molecular formula is C15H18N2O3S. The molecule has 5 nitrogen and oxygen atoms in total. The van der Waals surface area contributed by atoms with Gasteiger partial charge in [-0.25, -0.2) is 13.6 Å². The molecule has 1 atom stereocenters. The van der Waals surface area contributed by atoms with E-state index in [1.54, 1.807) is 18.4 Å². The number of fused-ring (bicyclic) bond motifs is 1. The van der Waals surface area contributed by atoms with E-state index in [1.165, 1.54) is 5.56 Å². The van der Waals surface area contributed by atoms with E-state index in [0.29, 0.717) is 5.56 Å². The number of nitrogens with two attached hydrogens (primary N) is 1. The first-order valence-corrected chi connectivity index (χ1v) is 8.65.